The molecule has 140 valence electrons. The van der Waals surface area contributed by atoms with E-state index in [1.165, 1.54) is 27.8 Å². The van der Waals surface area contributed by atoms with Crippen molar-refractivity contribution in [2.75, 3.05) is 14.2 Å². The van der Waals surface area contributed by atoms with Gasteiger partial charge >= 0.3 is 0 Å². The molecule has 2 nitrogen and oxygen atoms in total. The van der Waals surface area contributed by atoms with Gasteiger partial charge in [-0.05, 0) is 72.4 Å². The monoisotopic (exact) mass is 360 g/mol. The lowest BCUT2D eigenvalue weighted by Gasteiger charge is -2.33. The average molecular weight is 360 g/mol. The van der Waals surface area contributed by atoms with Crippen LogP contribution < -0.4 is 9.47 Å². The fourth-order valence-electron chi connectivity index (χ4n) is 3.77. The quantitative estimate of drug-likeness (QED) is 0.547. The summed E-state index contributed by atoms with van der Waals surface area (Å²) in [7, 11) is 3.41. The summed E-state index contributed by atoms with van der Waals surface area (Å²) in [6, 6.07) is 23.4. The first-order chi connectivity index (χ1) is 13.0. The summed E-state index contributed by atoms with van der Waals surface area (Å²) in [5, 5.41) is 0. The number of rotatable bonds is 6. The van der Waals surface area contributed by atoms with Crippen LogP contribution >= 0.6 is 0 Å². The van der Waals surface area contributed by atoms with Gasteiger partial charge in [0, 0.05) is 5.41 Å². The molecule has 0 radical (unpaired) electrons. The van der Waals surface area contributed by atoms with E-state index in [0.717, 1.165) is 17.9 Å². The maximum atomic E-state index is 5.36. The van der Waals surface area contributed by atoms with Crippen LogP contribution in [0.4, 0.5) is 0 Å². The zero-order valence-corrected chi connectivity index (χ0v) is 16.9. The minimum absolute atomic E-state index is 0.157. The number of aryl methyl sites for hydroxylation is 2. The topological polar surface area (TPSA) is 18.5 Å². The van der Waals surface area contributed by atoms with E-state index < -0.39 is 0 Å². The molecule has 0 amide bonds. The zero-order chi connectivity index (χ0) is 19.4. The van der Waals surface area contributed by atoms with Crippen molar-refractivity contribution >= 4 is 0 Å². The predicted molar refractivity (Wildman–Crippen MR) is 112 cm³/mol. The van der Waals surface area contributed by atoms with Crippen LogP contribution in [0.2, 0.25) is 0 Å². The van der Waals surface area contributed by atoms with Gasteiger partial charge in [-0.3, -0.25) is 0 Å². The Kier molecular flexibility index (Phi) is 5.55. The van der Waals surface area contributed by atoms with E-state index in [-0.39, 0.29) is 5.41 Å². The molecule has 0 aliphatic heterocycles. The van der Waals surface area contributed by atoms with Crippen molar-refractivity contribution in [3.8, 4) is 11.5 Å². The van der Waals surface area contributed by atoms with Gasteiger partial charge in [0.25, 0.3) is 0 Å². The van der Waals surface area contributed by atoms with E-state index >= 15 is 0 Å². The van der Waals surface area contributed by atoms with Crippen LogP contribution in [0.3, 0.4) is 0 Å². The Morgan fingerprint density at radius 2 is 1.07 bits per heavy atom. The number of benzene rings is 3. The Bertz CT molecular complexity index is 825. The molecule has 0 atom stereocenters. The second kappa shape index (κ2) is 7.87. The third-order valence-electron chi connectivity index (χ3n) is 5.63. The van der Waals surface area contributed by atoms with Gasteiger partial charge in [-0.15, -0.1) is 0 Å². The molecule has 0 aliphatic rings. The molecule has 0 aromatic heterocycles. The minimum Gasteiger partial charge on any atom is -0.497 e. The first kappa shape index (κ1) is 19.0. The Morgan fingerprint density at radius 1 is 0.667 bits per heavy atom. The van der Waals surface area contributed by atoms with Gasteiger partial charge in [-0.25, -0.2) is 0 Å². The highest BCUT2D eigenvalue weighted by Crippen LogP contribution is 2.38. The van der Waals surface area contributed by atoms with Crippen molar-refractivity contribution in [3.63, 3.8) is 0 Å². The normalized spacial score (nSPS) is 11.3. The van der Waals surface area contributed by atoms with E-state index in [4.69, 9.17) is 9.47 Å². The molecular weight excluding hydrogens is 332 g/mol. The summed E-state index contributed by atoms with van der Waals surface area (Å²) in [5.74, 6) is 1.76. The Balaban J connectivity index is 2.12. The lowest BCUT2D eigenvalue weighted by molar-refractivity contribution is 0.413. The van der Waals surface area contributed by atoms with Gasteiger partial charge in [0.1, 0.15) is 11.5 Å². The number of hydrogen-bond donors (Lipinski definition) is 0. The molecule has 0 saturated heterocycles. The fourth-order valence-corrected chi connectivity index (χ4v) is 3.77. The summed E-state index contributed by atoms with van der Waals surface area (Å²) >= 11 is 0. The van der Waals surface area contributed by atoms with Crippen molar-refractivity contribution in [2.45, 2.75) is 32.6 Å². The van der Waals surface area contributed by atoms with E-state index in [1.807, 2.05) is 24.3 Å². The molecule has 0 heterocycles. The number of ether oxygens (including phenoxy) is 2. The summed E-state index contributed by atoms with van der Waals surface area (Å²) < 4.78 is 10.7. The molecule has 3 rings (SSSR count). The van der Waals surface area contributed by atoms with Crippen LogP contribution in [0.1, 0.15) is 34.7 Å². The Hall–Kier alpha value is -2.74. The molecule has 0 aliphatic carbocycles. The van der Waals surface area contributed by atoms with Crippen LogP contribution in [0.15, 0.2) is 66.7 Å². The molecule has 27 heavy (non-hydrogen) atoms. The van der Waals surface area contributed by atoms with E-state index in [0.29, 0.717) is 0 Å². The number of methoxy groups -OCH3 is 2. The first-order valence-electron chi connectivity index (χ1n) is 9.32. The van der Waals surface area contributed by atoms with E-state index in [2.05, 4.69) is 63.2 Å². The van der Waals surface area contributed by atoms with Crippen LogP contribution in [0.5, 0.6) is 11.5 Å². The zero-order valence-electron chi connectivity index (χ0n) is 16.9. The van der Waals surface area contributed by atoms with Crippen molar-refractivity contribution in [2.24, 2.45) is 0 Å². The highest BCUT2D eigenvalue weighted by molar-refractivity contribution is 5.46. The molecule has 0 N–H and O–H groups in total. The van der Waals surface area contributed by atoms with Gasteiger partial charge in [0.2, 0.25) is 0 Å². The maximum absolute atomic E-state index is 5.36. The third kappa shape index (κ3) is 3.85. The van der Waals surface area contributed by atoms with Crippen LogP contribution in [-0.2, 0) is 11.8 Å². The standard InChI is InChI=1S/C25H28O2/c1-18-7-6-8-19(2)24(18)17-25(3,20-9-13-22(26-4)14-10-20)21-11-15-23(27-5)16-12-21/h6-16H,17H2,1-5H3. The second-order valence-electron chi connectivity index (χ2n) is 7.34. The molecule has 2 heteroatoms. The fraction of sp³-hybridized carbons (Fsp3) is 0.280. The van der Waals surface area contributed by atoms with Crippen LogP contribution in [0, 0.1) is 13.8 Å². The van der Waals surface area contributed by atoms with Crippen molar-refractivity contribution in [1.82, 2.24) is 0 Å². The van der Waals surface area contributed by atoms with Crippen LogP contribution in [0.25, 0.3) is 0 Å². The van der Waals surface area contributed by atoms with Crippen LogP contribution in [-0.4, -0.2) is 14.2 Å². The SMILES string of the molecule is COc1ccc(C(C)(Cc2c(C)cccc2C)c2ccc(OC)cc2)cc1. The van der Waals surface area contributed by atoms with Gasteiger partial charge in [0.05, 0.1) is 14.2 Å². The molecule has 0 fully saturated rings. The largest absolute Gasteiger partial charge is 0.497 e. The lowest BCUT2D eigenvalue weighted by atomic mass is 9.71. The Morgan fingerprint density at radius 3 is 1.44 bits per heavy atom. The first-order valence-corrected chi connectivity index (χ1v) is 9.32. The highest BCUT2D eigenvalue weighted by Gasteiger charge is 2.30. The maximum Gasteiger partial charge on any atom is 0.118 e. The predicted octanol–water partition coefficient (Wildman–Crippen LogP) is 5.87. The van der Waals surface area contributed by atoms with Gasteiger partial charge in [-0.1, -0.05) is 49.4 Å². The molecule has 3 aromatic rings. The van der Waals surface area contributed by atoms with Gasteiger partial charge in [0.15, 0.2) is 0 Å². The van der Waals surface area contributed by atoms with Gasteiger partial charge in [-0.2, -0.15) is 0 Å². The third-order valence-corrected chi connectivity index (χ3v) is 5.63. The molecule has 3 aromatic carbocycles. The molecular formula is C25H28O2. The highest BCUT2D eigenvalue weighted by atomic mass is 16.5. The smallest absolute Gasteiger partial charge is 0.118 e. The minimum atomic E-state index is -0.157. The molecule has 0 saturated carbocycles. The second-order valence-corrected chi connectivity index (χ2v) is 7.34. The Labute approximate surface area is 162 Å². The van der Waals surface area contributed by atoms with Crippen molar-refractivity contribution < 1.29 is 9.47 Å². The van der Waals surface area contributed by atoms with E-state index in [9.17, 15) is 0 Å². The summed E-state index contributed by atoms with van der Waals surface area (Å²) in [6.07, 6.45) is 0.935. The average Bonchev–Trinajstić information content (AvgIpc) is 2.71. The summed E-state index contributed by atoms with van der Waals surface area (Å²) in [6.45, 7) is 6.72. The lowest BCUT2D eigenvalue weighted by Crippen LogP contribution is -2.27. The molecule has 0 spiro atoms. The van der Waals surface area contributed by atoms with Crippen molar-refractivity contribution in [1.29, 1.82) is 0 Å². The van der Waals surface area contributed by atoms with E-state index in [1.54, 1.807) is 14.2 Å². The molecule has 0 bridgehead atoms. The summed E-state index contributed by atoms with van der Waals surface area (Å²) in [5.41, 5.74) is 6.47. The summed E-state index contributed by atoms with van der Waals surface area (Å²) in [4.78, 5) is 0. The molecule has 0 unspecified atom stereocenters. The van der Waals surface area contributed by atoms with Gasteiger partial charge < -0.3 is 9.47 Å². The van der Waals surface area contributed by atoms with Crippen molar-refractivity contribution in [3.05, 3.63) is 94.5 Å². The number of hydrogen-bond acceptors (Lipinski definition) is 2.